The number of benzene rings is 1. The first-order valence-corrected chi connectivity index (χ1v) is 9.37. The molecule has 0 fully saturated rings. The van der Waals surface area contributed by atoms with Crippen LogP contribution in [0.15, 0.2) is 29.4 Å². The molecule has 7 nitrogen and oxygen atoms in total. The molecule has 0 heterocycles. The normalized spacial score (nSPS) is 11.7. The standard InChI is InChI=1S/C15H23N3O4S/c1-2-3-4-5-6-9-12-23(21,22)17-16-13-14-10-7-8-11-15(14)18(19)20/h7-8,10-11,13,17H,2-6,9,12H2,1H3. The summed E-state index contributed by atoms with van der Waals surface area (Å²) in [7, 11) is -3.50. The van der Waals surface area contributed by atoms with E-state index in [0.717, 1.165) is 31.9 Å². The van der Waals surface area contributed by atoms with E-state index in [1.54, 1.807) is 6.07 Å². The van der Waals surface area contributed by atoms with Crippen LogP contribution in [-0.4, -0.2) is 25.3 Å². The second kappa shape index (κ2) is 9.94. The predicted molar refractivity (Wildman–Crippen MR) is 91.0 cm³/mol. The van der Waals surface area contributed by atoms with E-state index in [-0.39, 0.29) is 17.0 Å². The molecule has 0 aliphatic heterocycles. The highest BCUT2D eigenvalue weighted by atomic mass is 32.2. The van der Waals surface area contributed by atoms with Crippen LogP contribution in [0.2, 0.25) is 0 Å². The lowest BCUT2D eigenvalue weighted by molar-refractivity contribution is -0.385. The Bertz CT molecular complexity index is 629. The van der Waals surface area contributed by atoms with Crippen molar-refractivity contribution in [2.45, 2.75) is 45.4 Å². The molecule has 0 atom stereocenters. The summed E-state index contributed by atoms with van der Waals surface area (Å²) in [6.07, 6.45) is 7.08. The molecule has 1 rings (SSSR count). The molecule has 8 heteroatoms. The van der Waals surface area contributed by atoms with Crippen molar-refractivity contribution in [3.63, 3.8) is 0 Å². The third kappa shape index (κ3) is 7.73. The van der Waals surface area contributed by atoms with Gasteiger partial charge < -0.3 is 0 Å². The Kier molecular flexibility index (Phi) is 8.25. The van der Waals surface area contributed by atoms with Gasteiger partial charge in [0.15, 0.2) is 0 Å². The minimum Gasteiger partial charge on any atom is -0.258 e. The first kappa shape index (κ1) is 19.1. The van der Waals surface area contributed by atoms with Gasteiger partial charge in [0.05, 0.1) is 22.5 Å². The number of nitrogens with zero attached hydrogens (tertiary/aromatic N) is 2. The molecule has 0 radical (unpaired) electrons. The lowest BCUT2D eigenvalue weighted by atomic mass is 10.1. The van der Waals surface area contributed by atoms with Crippen LogP contribution in [0.3, 0.4) is 0 Å². The second-order valence-corrected chi connectivity index (χ2v) is 7.07. The second-order valence-electron chi connectivity index (χ2n) is 5.25. The van der Waals surface area contributed by atoms with Gasteiger partial charge in [-0.1, -0.05) is 51.2 Å². The van der Waals surface area contributed by atoms with E-state index in [1.165, 1.54) is 24.6 Å². The van der Waals surface area contributed by atoms with Crippen LogP contribution in [0.25, 0.3) is 0 Å². The Hall–Kier alpha value is -1.96. The van der Waals surface area contributed by atoms with E-state index in [2.05, 4.69) is 16.9 Å². The summed E-state index contributed by atoms with van der Waals surface area (Å²) in [6, 6.07) is 6.01. The lowest BCUT2D eigenvalue weighted by Gasteiger charge is -2.03. The van der Waals surface area contributed by atoms with Crippen molar-refractivity contribution in [3.8, 4) is 0 Å². The van der Waals surface area contributed by atoms with Gasteiger partial charge in [0, 0.05) is 6.07 Å². The number of nitro benzene ring substituents is 1. The Morgan fingerprint density at radius 3 is 2.52 bits per heavy atom. The highest BCUT2D eigenvalue weighted by molar-refractivity contribution is 7.89. The smallest absolute Gasteiger partial charge is 0.258 e. The van der Waals surface area contributed by atoms with Crippen LogP contribution >= 0.6 is 0 Å². The maximum Gasteiger partial charge on any atom is 0.278 e. The molecule has 1 N–H and O–H groups in total. The molecule has 1 aromatic rings. The fourth-order valence-electron chi connectivity index (χ4n) is 2.06. The Morgan fingerprint density at radius 1 is 1.17 bits per heavy atom. The molecule has 0 saturated carbocycles. The first-order chi connectivity index (χ1) is 11.0. The van der Waals surface area contributed by atoms with Gasteiger partial charge in [-0.3, -0.25) is 10.1 Å². The van der Waals surface area contributed by atoms with Crippen molar-refractivity contribution in [2.75, 3.05) is 5.75 Å². The van der Waals surface area contributed by atoms with E-state index in [1.807, 2.05) is 0 Å². The number of rotatable bonds is 11. The van der Waals surface area contributed by atoms with Gasteiger partial charge in [-0.05, 0) is 12.5 Å². The predicted octanol–water partition coefficient (Wildman–Crippen LogP) is 3.21. The van der Waals surface area contributed by atoms with Crippen LogP contribution in [0.5, 0.6) is 0 Å². The summed E-state index contributed by atoms with van der Waals surface area (Å²) in [5.41, 5.74) is 0.131. The molecular formula is C15H23N3O4S. The third-order valence-corrected chi connectivity index (χ3v) is 4.51. The lowest BCUT2D eigenvalue weighted by Crippen LogP contribution is -2.21. The minimum atomic E-state index is -3.50. The van der Waals surface area contributed by atoms with Crippen LogP contribution in [0.4, 0.5) is 5.69 Å². The molecule has 128 valence electrons. The van der Waals surface area contributed by atoms with Gasteiger partial charge in [-0.15, -0.1) is 0 Å². The zero-order valence-electron chi connectivity index (χ0n) is 13.3. The van der Waals surface area contributed by atoms with Gasteiger partial charge in [0.2, 0.25) is 10.0 Å². The molecule has 23 heavy (non-hydrogen) atoms. The van der Waals surface area contributed by atoms with Crippen molar-refractivity contribution >= 4 is 21.9 Å². The summed E-state index contributed by atoms with van der Waals surface area (Å²) in [5, 5.41) is 14.5. The Balaban J connectivity index is 2.45. The van der Waals surface area contributed by atoms with Crippen LogP contribution < -0.4 is 4.83 Å². The van der Waals surface area contributed by atoms with E-state index in [9.17, 15) is 18.5 Å². The van der Waals surface area contributed by atoms with E-state index >= 15 is 0 Å². The molecule has 0 aliphatic rings. The van der Waals surface area contributed by atoms with E-state index in [4.69, 9.17) is 0 Å². The van der Waals surface area contributed by atoms with Crippen LogP contribution in [0, 0.1) is 10.1 Å². The van der Waals surface area contributed by atoms with Crippen molar-refractivity contribution in [2.24, 2.45) is 5.10 Å². The number of sulfonamides is 1. The van der Waals surface area contributed by atoms with Crippen molar-refractivity contribution < 1.29 is 13.3 Å². The number of nitrogens with one attached hydrogen (secondary N) is 1. The summed E-state index contributed by atoms with van der Waals surface area (Å²) in [4.78, 5) is 12.4. The molecule has 0 spiro atoms. The zero-order chi connectivity index (χ0) is 17.1. The monoisotopic (exact) mass is 341 g/mol. The highest BCUT2D eigenvalue weighted by Crippen LogP contribution is 2.15. The van der Waals surface area contributed by atoms with Crippen LogP contribution in [-0.2, 0) is 10.0 Å². The number of hydrazone groups is 1. The molecule has 0 aromatic heterocycles. The molecule has 0 saturated heterocycles. The van der Waals surface area contributed by atoms with Gasteiger partial charge in [0.1, 0.15) is 0 Å². The molecule has 0 unspecified atom stereocenters. The van der Waals surface area contributed by atoms with Gasteiger partial charge >= 0.3 is 0 Å². The number of unbranched alkanes of at least 4 members (excludes halogenated alkanes) is 5. The maximum atomic E-state index is 11.8. The Labute approximate surface area is 137 Å². The quantitative estimate of drug-likeness (QED) is 0.289. The minimum absolute atomic E-state index is 0.00729. The maximum absolute atomic E-state index is 11.8. The van der Waals surface area contributed by atoms with Gasteiger partial charge in [-0.2, -0.15) is 5.10 Å². The summed E-state index contributed by atoms with van der Waals surface area (Å²) in [6.45, 7) is 2.13. The fraction of sp³-hybridized carbons (Fsp3) is 0.533. The highest BCUT2D eigenvalue weighted by Gasteiger charge is 2.11. The van der Waals surface area contributed by atoms with E-state index < -0.39 is 14.9 Å². The molecular weight excluding hydrogens is 318 g/mol. The first-order valence-electron chi connectivity index (χ1n) is 7.72. The van der Waals surface area contributed by atoms with Crippen LogP contribution in [0.1, 0.15) is 51.0 Å². The van der Waals surface area contributed by atoms with Gasteiger partial charge in [-0.25, -0.2) is 13.2 Å². The van der Waals surface area contributed by atoms with Crippen molar-refractivity contribution in [3.05, 3.63) is 39.9 Å². The zero-order valence-corrected chi connectivity index (χ0v) is 14.1. The topological polar surface area (TPSA) is 102 Å². The average molecular weight is 341 g/mol. The molecule has 0 bridgehead atoms. The fourth-order valence-corrected chi connectivity index (χ4v) is 2.95. The number of nitro groups is 1. The SMILES string of the molecule is CCCCCCCCS(=O)(=O)NN=Cc1ccccc1[N+](=O)[O-]. The Morgan fingerprint density at radius 2 is 1.83 bits per heavy atom. The van der Waals surface area contributed by atoms with Crippen molar-refractivity contribution in [1.29, 1.82) is 0 Å². The van der Waals surface area contributed by atoms with Crippen molar-refractivity contribution in [1.82, 2.24) is 4.83 Å². The number of para-hydroxylation sites is 1. The third-order valence-electron chi connectivity index (χ3n) is 3.30. The number of hydrogen-bond acceptors (Lipinski definition) is 5. The largest absolute Gasteiger partial charge is 0.278 e. The van der Waals surface area contributed by atoms with E-state index in [0.29, 0.717) is 6.42 Å². The molecule has 1 aromatic carbocycles. The average Bonchev–Trinajstić information content (AvgIpc) is 2.51. The van der Waals surface area contributed by atoms with Gasteiger partial charge in [0.25, 0.3) is 5.69 Å². The summed E-state index contributed by atoms with van der Waals surface area (Å²) >= 11 is 0. The molecule has 0 amide bonds. The number of hydrogen-bond donors (Lipinski definition) is 1. The summed E-state index contributed by atoms with van der Waals surface area (Å²) < 4.78 is 23.5. The summed E-state index contributed by atoms with van der Waals surface area (Å²) in [5.74, 6) is 0.00729. The molecule has 0 aliphatic carbocycles.